The van der Waals surface area contributed by atoms with Crippen molar-refractivity contribution in [3.8, 4) is 0 Å². The van der Waals surface area contributed by atoms with Crippen molar-refractivity contribution in [2.24, 2.45) is 11.8 Å². The molecule has 0 spiro atoms. The van der Waals surface area contributed by atoms with Crippen molar-refractivity contribution in [3.63, 3.8) is 0 Å². The van der Waals surface area contributed by atoms with E-state index in [0.29, 0.717) is 30.4 Å². The fourth-order valence-electron chi connectivity index (χ4n) is 5.36. The van der Waals surface area contributed by atoms with Crippen LogP contribution >= 0.6 is 11.8 Å². The summed E-state index contributed by atoms with van der Waals surface area (Å²) in [6.07, 6.45) is 1.58. The minimum atomic E-state index is -1.38. The first kappa shape index (κ1) is 29.2. The molecule has 2 saturated heterocycles. The molecule has 3 rings (SSSR count). The molecule has 4 N–H and O–H groups in total. The molecular weight excluding hydrogens is 488 g/mol. The summed E-state index contributed by atoms with van der Waals surface area (Å²) in [5, 5.41) is 34.5. The third-order valence-electron chi connectivity index (χ3n) is 7.52. The van der Waals surface area contributed by atoms with E-state index < -0.39 is 47.8 Å². The number of nitrogens with zero attached hydrogens (tertiary/aromatic N) is 1. The fourth-order valence-corrected chi connectivity index (χ4v) is 6.04. The normalized spacial score (nSPS) is 32.9. The minimum absolute atomic E-state index is 0.111. The molecule has 10 nitrogen and oxygen atoms in total. The molecule has 2 aliphatic rings. The first-order valence-corrected chi connectivity index (χ1v) is 14.2. The highest BCUT2D eigenvalue weighted by Crippen LogP contribution is 2.31. The van der Waals surface area contributed by atoms with Crippen molar-refractivity contribution in [2.75, 3.05) is 12.8 Å². The Morgan fingerprint density at radius 2 is 1.86 bits per heavy atom. The predicted molar refractivity (Wildman–Crippen MR) is 135 cm³/mol. The lowest BCUT2D eigenvalue weighted by atomic mass is 9.88. The molecule has 0 bridgehead atoms. The number of hydrogen-bond donors (Lipinski definition) is 4. The van der Waals surface area contributed by atoms with E-state index in [1.807, 2.05) is 18.7 Å². The molecule has 1 aromatic rings. The van der Waals surface area contributed by atoms with Crippen LogP contribution < -0.4 is 11.1 Å². The molecule has 36 heavy (non-hydrogen) atoms. The Hall–Kier alpha value is -1.37. The van der Waals surface area contributed by atoms with Gasteiger partial charge in [-0.25, -0.2) is 4.79 Å². The first-order chi connectivity index (χ1) is 17.1. The minimum Gasteiger partial charge on any atom is -0.396 e. The second-order valence-corrected chi connectivity index (χ2v) is 11.3. The lowest BCUT2D eigenvalue weighted by molar-refractivity contribution is -0.208. The molecule has 0 radical (unpaired) electrons. The zero-order valence-electron chi connectivity index (χ0n) is 21.9. The highest BCUT2D eigenvalue weighted by atomic mass is 32.2. The number of thioether (sulfide) groups is 1. The molecule has 206 valence electrons. The van der Waals surface area contributed by atoms with Gasteiger partial charge in [0.2, 0.25) is 5.91 Å². The average Bonchev–Trinajstić information content (AvgIpc) is 3.02. The Bertz CT molecular complexity index is 903. The van der Waals surface area contributed by atoms with Gasteiger partial charge in [-0.15, -0.1) is 11.8 Å². The molecule has 1 unspecified atom stereocenters. The second kappa shape index (κ2) is 12.9. The molecule has 2 fully saturated rings. The molecule has 0 saturated carbocycles. The van der Waals surface area contributed by atoms with E-state index in [9.17, 15) is 24.9 Å². The van der Waals surface area contributed by atoms with E-state index in [0.717, 1.165) is 25.7 Å². The molecular formula is C25H42N2O8S. The lowest BCUT2D eigenvalue weighted by Crippen LogP contribution is -2.64. The number of carbonyl (C=O) groups excluding carboxylic acids is 1. The van der Waals surface area contributed by atoms with Crippen LogP contribution in [0.15, 0.2) is 13.6 Å². The van der Waals surface area contributed by atoms with Crippen LogP contribution in [-0.2, 0) is 16.1 Å². The molecule has 2 aliphatic heterocycles. The van der Waals surface area contributed by atoms with Gasteiger partial charge in [0.05, 0.1) is 18.6 Å². The van der Waals surface area contributed by atoms with Crippen molar-refractivity contribution >= 4 is 17.7 Å². The van der Waals surface area contributed by atoms with Gasteiger partial charge in [0.15, 0.2) is 5.76 Å². The van der Waals surface area contributed by atoms with Crippen LogP contribution in [0.2, 0.25) is 0 Å². The number of aliphatic hydroxyl groups is 3. The maximum Gasteiger partial charge on any atom is 0.519 e. The summed E-state index contributed by atoms with van der Waals surface area (Å²) in [7, 11) is 0. The summed E-state index contributed by atoms with van der Waals surface area (Å²) >= 11 is 1.24. The molecule has 11 heteroatoms. The summed E-state index contributed by atoms with van der Waals surface area (Å²) in [5.74, 6) is 0.262. The number of ether oxygens (including phenoxy) is 1. The van der Waals surface area contributed by atoms with Gasteiger partial charge in [-0.2, -0.15) is 0 Å². The van der Waals surface area contributed by atoms with Crippen molar-refractivity contribution < 1.29 is 33.7 Å². The van der Waals surface area contributed by atoms with E-state index in [1.165, 1.54) is 11.8 Å². The van der Waals surface area contributed by atoms with Gasteiger partial charge in [-0.1, -0.05) is 33.6 Å². The quantitative estimate of drug-likeness (QED) is 0.371. The lowest BCUT2D eigenvalue weighted by Gasteiger charge is -2.44. The number of nitrogens with one attached hydrogen (secondary N) is 1. The standard InChI is InChI=1S/C25H42N2O8S/c1-6-7-15-8-9-16(27(11-10-15)12-17-14(4)33-25(32)34-17)23(31)26-18(13(2)3)22-20(29)19(28)21(30)24(35-22)36-5/h13,15-16,18-22,24,28-30H,6-12H2,1-5H3,(H,26,31)/t15?,16-,18+,19-,20+,21+,22+,24+/m0/s1. The third-order valence-corrected chi connectivity index (χ3v) is 8.37. The van der Waals surface area contributed by atoms with Crippen LogP contribution in [0.1, 0.15) is 64.4 Å². The van der Waals surface area contributed by atoms with E-state index in [-0.39, 0.29) is 18.4 Å². The molecule has 3 heterocycles. The second-order valence-electron chi connectivity index (χ2n) is 10.4. The van der Waals surface area contributed by atoms with E-state index >= 15 is 0 Å². The third kappa shape index (κ3) is 6.73. The molecule has 8 atom stereocenters. The highest BCUT2D eigenvalue weighted by Gasteiger charge is 2.48. The van der Waals surface area contributed by atoms with Gasteiger partial charge in [0.1, 0.15) is 35.6 Å². The smallest absolute Gasteiger partial charge is 0.396 e. The zero-order chi connectivity index (χ0) is 26.6. The number of carbonyl (C=O) groups is 1. The molecule has 1 amide bonds. The highest BCUT2D eigenvalue weighted by molar-refractivity contribution is 7.99. The number of aryl methyl sites for hydroxylation is 1. The van der Waals surface area contributed by atoms with Crippen LogP contribution in [0.25, 0.3) is 0 Å². The Morgan fingerprint density at radius 3 is 2.44 bits per heavy atom. The van der Waals surface area contributed by atoms with Crippen LogP contribution in [-0.4, -0.2) is 80.9 Å². The molecule has 1 aromatic heterocycles. The SMILES string of the molecule is CCCC1CC[C@@H](C(=O)N[C@H](C(C)C)[C@H]2O[C@H](SC)[C@H](O)[C@@H](O)[C@H]2O)N(Cc2oc(=O)oc2C)CC1. The van der Waals surface area contributed by atoms with E-state index in [4.69, 9.17) is 13.6 Å². The number of hydrogen-bond acceptors (Lipinski definition) is 10. The number of amides is 1. The Morgan fingerprint density at radius 1 is 1.14 bits per heavy atom. The van der Waals surface area contributed by atoms with E-state index in [2.05, 4.69) is 12.2 Å². The number of aliphatic hydroxyl groups excluding tert-OH is 3. The van der Waals surface area contributed by atoms with Gasteiger partial charge in [0, 0.05) is 0 Å². The predicted octanol–water partition coefficient (Wildman–Crippen LogP) is 1.62. The van der Waals surface area contributed by atoms with Crippen molar-refractivity contribution in [1.82, 2.24) is 10.2 Å². The van der Waals surface area contributed by atoms with Gasteiger partial charge in [-0.3, -0.25) is 9.69 Å². The van der Waals surface area contributed by atoms with Crippen LogP contribution in [0.4, 0.5) is 0 Å². The Kier molecular flexibility index (Phi) is 10.5. The van der Waals surface area contributed by atoms with Crippen LogP contribution in [0, 0.1) is 18.8 Å². The molecule has 0 aromatic carbocycles. The molecule has 0 aliphatic carbocycles. The van der Waals surface area contributed by atoms with Gasteiger partial charge < -0.3 is 34.2 Å². The zero-order valence-corrected chi connectivity index (χ0v) is 22.7. The number of rotatable bonds is 9. The van der Waals surface area contributed by atoms with Gasteiger partial charge >= 0.3 is 5.82 Å². The summed E-state index contributed by atoms with van der Waals surface area (Å²) in [6, 6.07) is -1.06. The van der Waals surface area contributed by atoms with E-state index in [1.54, 1.807) is 13.2 Å². The summed E-state index contributed by atoms with van der Waals surface area (Å²) in [4.78, 5) is 27.4. The maximum atomic E-state index is 13.7. The van der Waals surface area contributed by atoms with Crippen molar-refractivity contribution in [3.05, 3.63) is 22.1 Å². The Balaban J connectivity index is 1.82. The monoisotopic (exact) mass is 530 g/mol. The largest absolute Gasteiger partial charge is 0.519 e. The topological polar surface area (TPSA) is 146 Å². The van der Waals surface area contributed by atoms with Crippen LogP contribution in [0.5, 0.6) is 0 Å². The number of likely N-dealkylation sites (tertiary alicyclic amines) is 1. The summed E-state index contributed by atoms with van der Waals surface area (Å²) in [6.45, 7) is 8.61. The summed E-state index contributed by atoms with van der Waals surface area (Å²) < 4.78 is 16.2. The summed E-state index contributed by atoms with van der Waals surface area (Å²) in [5.41, 5.74) is -0.720. The van der Waals surface area contributed by atoms with Gasteiger partial charge in [-0.05, 0) is 50.8 Å². The van der Waals surface area contributed by atoms with Gasteiger partial charge in [0.25, 0.3) is 0 Å². The van der Waals surface area contributed by atoms with Crippen molar-refractivity contribution in [2.45, 2.75) is 108 Å². The Labute approximate surface area is 216 Å². The average molecular weight is 531 g/mol. The first-order valence-electron chi connectivity index (χ1n) is 12.9. The van der Waals surface area contributed by atoms with Crippen molar-refractivity contribution in [1.29, 1.82) is 0 Å². The van der Waals surface area contributed by atoms with Crippen LogP contribution in [0.3, 0.4) is 0 Å². The fraction of sp³-hybridized carbons (Fsp3) is 0.840. The maximum absolute atomic E-state index is 13.7.